The number of nitrogens with one attached hydrogen (secondary N) is 1. The Kier molecular flexibility index (Phi) is 4.27. The standard InChI is InChI=1S/C17H27N3/c1-14-4-3-5-17(15(14)2)20-10-8-19(9-11-20)13-16-6-7-18-12-16/h3-5,16,18H,6-13H2,1-2H3. The van der Waals surface area contributed by atoms with Crippen LogP contribution in [0.2, 0.25) is 0 Å². The summed E-state index contributed by atoms with van der Waals surface area (Å²) in [5.41, 5.74) is 4.29. The van der Waals surface area contributed by atoms with Gasteiger partial charge >= 0.3 is 0 Å². The van der Waals surface area contributed by atoms with Gasteiger partial charge in [-0.25, -0.2) is 0 Å². The minimum atomic E-state index is 0.877. The Bertz CT molecular complexity index is 444. The second-order valence-electron chi connectivity index (χ2n) is 6.37. The van der Waals surface area contributed by atoms with Crippen molar-refractivity contribution in [2.24, 2.45) is 5.92 Å². The van der Waals surface area contributed by atoms with Crippen molar-refractivity contribution in [2.45, 2.75) is 20.3 Å². The molecule has 3 nitrogen and oxygen atoms in total. The van der Waals surface area contributed by atoms with Crippen molar-refractivity contribution in [3.63, 3.8) is 0 Å². The topological polar surface area (TPSA) is 18.5 Å². The largest absolute Gasteiger partial charge is 0.369 e. The third kappa shape index (κ3) is 2.99. The number of hydrogen-bond acceptors (Lipinski definition) is 3. The van der Waals surface area contributed by atoms with Gasteiger partial charge in [0.15, 0.2) is 0 Å². The maximum atomic E-state index is 3.47. The number of rotatable bonds is 3. The van der Waals surface area contributed by atoms with Gasteiger partial charge in [-0.05, 0) is 56.5 Å². The van der Waals surface area contributed by atoms with Crippen molar-refractivity contribution in [3.8, 4) is 0 Å². The summed E-state index contributed by atoms with van der Waals surface area (Å²) < 4.78 is 0. The number of nitrogens with zero attached hydrogens (tertiary/aromatic N) is 2. The van der Waals surface area contributed by atoms with E-state index in [4.69, 9.17) is 0 Å². The maximum absolute atomic E-state index is 3.47. The van der Waals surface area contributed by atoms with Crippen molar-refractivity contribution >= 4 is 5.69 Å². The van der Waals surface area contributed by atoms with E-state index in [9.17, 15) is 0 Å². The van der Waals surface area contributed by atoms with E-state index in [2.05, 4.69) is 47.2 Å². The van der Waals surface area contributed by atoms with E-state index in [0.717, 1.165) is 5.92 Å². The lowest BCUT2D eigenvalue weighted by Gasteiger charge is -2.38. The monoisotopic (exact) mass is 273 g/mol. The molecule has 3 heteroatoms. The maximum Gasteiger partial charge on any atom is 0.0399 e. The van der Waals surface area contributed by atoms with Gasteiger partial charge in [-0.2, -0.15) is 0 Å². The fourth-order valence-electron chi connectivity index (χ4n) is 3.48. The lowest BCUT2D eigenvalue weighted by Crippen LogP contribution is -2.48. The molecule has 0 aliphatic carbocycles. The van der Waals surface area contributed by atoms with Crippen LogP contribution in [-0.2, 0) is 0 Å². The highest BCUT2D eigenvalue weighted by Crippen LogP contribution is 2.24. The third-order valence-corrected chi connectivity index (χ3v) is 4.97. The van der Waals surface area contributed by atoms with Gasteiger partial charge in [0.2, 0.25) is 0 Å². The Morgan fingerprint density at radius 2 is 1.95 bits per heavy atom. The van der Waals surface area contributed by atoms with Crippen LogP contribution in [0.15, 0.2) is 18.2 Å². The lowest BCUT2D eigenvalue weighted by atomic mass is 10.1. The van der Waals surface area contributed by atoms with Crippen LogP contribution < -0.4 is 10.2 Å². The van der Waals surface area contributed by atoms with Crippen molar-refractivity contribution in [3.05, 3.63) is 29.3 Å². The molecule has 2 saturated heterocycles. The lowest BCUT2D eigenvalue weighted by molar-refractivity contribution is 0.224. The first-order valence-electron chi connectivity index (χ1n) is 7.98. The fourth-order valence-corrected chi connectivity index (χ4v) is 3.48. The quantitative estimate of drug-likeness (QED) is 0.909. The van der Waals surface area contributed by atoms with Gasteiger partial charge in [0.05, 0.1) is 0 Å². The molecule has 2 heterocycles. The molecule has 2 fully saturated rings. The highest BCUT2D eigenvalue weighted by Gasteiger charge is 2.22. The summed E-state index contributed by atoms with van der Waals surface area (Å²) in [5, 5.41) is 3.47. The average Bonchev–Trinajstić information content (AvgIpc) is 2.96. The van der Waals surface area contributed by atoms with E-state index in [-0.39, 0.29) is 0 Å². The van der Waals surface area contributed by atoms with Gasteiger partial charge in [-0.15, -0.1) is 0 Å². The van der Waals surface area contributed by atoms with Gasteiger partial charge < -0.3 is 10.2 Å². The molecule has 0 radical (unpaired) electrons. The Labute approximate surface area is 123 Å². The molecule has 2 aliphatic heterocycles. The normalized spacial score (nSPS) is 24.3. The molecule has 2 aliphatic rings. The van der Waals surface area contributed by atoms with Crippen molar-refractivity contribution in [1.82, 2.24) is 10.2 Å². The summed E-state index contributed by atoms with van der Waals surface area (Å²) in [6.45, 7) is 12.9. The van der Waals surface area contributed by atoms with E-state index >= 15 is 0 Å². The van der Waals surface area contributed by atoms with Gasteiger partial charge in [0.1, 0.15) is 0 Å². The molecule has 110 valence electrons. The molecular weight excluding hydrogens is 246 g/mol. The van der Waals surface area contributed by atoms with E-state index < -0.39 is 0 Å². The Balaban J connectivity index is 1.56. The van der Waals surface area contributed by atoms with Gasteiger partial charge in [0.25, 0.3) is 0 Å². The highest BCUT2D eigenvalue weighted by atomic mass is 15.3. The highest BCUT2D eigenvalue weighted by molar-refractivity contribution is 5.56. The molecule has 1 atom stereocenters. The van der Waals surface area contributed by atoms with E-state index in [1.807, 2.05) is 0 Å². The predicted molar refractivity (Wildman–Crippen MR) is 85.5 cm³/mol. The summed E-state index contributed by atoms with van der Waals surface area (Å²) in [6, 6.07) is 6.68. The van der Waals surface area contributed by atoms with Crippen LogP contribution in [0.3, 0.4) is 0 Å². The van der Waals surface area contributed by atoms with E-state index in [1.165, 1.54) is 69.0 Å². The molecule has 0 amide bonds. The number of anilines is 1. The minimum absolute atomic E-state index is 0.877. The predicted octanol–water partition coefficient (Wildman–Crippen LogP) is 2.03. The summed E-state index contributed by atoms with van der Waals surface area (Å²) in [5.74, 6) is 0.877. The summed E-state index contributed by atoms with van der Waals surface area (Å²) in [6.07, 6.45) is 1.36. The molecule has 1 unspecified atom stereocenters. The molecule has 0 spiro atoms. The average molecular weight is 273 g/mol. The first-order chi connectivity index (χ1) is 9.74. The first-order valence-corrected chi connectivity index (χ1v) is 7.98. The molecule has 0 saturated carbocycles. The van der Waals surface area contributed by atoms with Gasteiger partial charge in [-0.3, -0.25) is 4.90 Å². The smallest absolute Gasteiger partial charge is 0.0399 e. The Hall–Kier alpha value is -1.06. The molecule has 1 aromatic carbocycles. The number of piperazine rings is 1. The van der Waals surface area contributed by atoms with E-state index in [0.29, 0.717) is 0 Å². The van der Waals surface area contributed by atoms with Crippen LogP contribution in [-0.4, -0.2) is 50.7 Å². The van der Waals surface area contributed by atoms with Crippen molar-refractivity contribution < 1.29 is 0 Å². The second kappa shape index (κ2) is 6.15. The summed E-state index contributed by atoms with van der Waals surface area (Å²) in [4.78, 5) is 5.21. The summed E-state index contributed by atoms with van der Waals surface area (Å²) >= 11 is 0. The van der Waals surface area contributed by atoms with Gasteiger partial charge in [0, 0.05) is 38.4 Å². The van der Waals surface area contributed by atoms with Crippen LogP contribution >= 0.6 is 0 Å². The van der Waals surface area contributed by atoms with Crippen LogP contribution in [0.5, 0.6) is 0 Å². The molecule has 1 N–H and O–H groups in total. The number of aryl methyl sites for hydroxylation is 1. The minimum Gasteiger partial charge on any atom is -0.369 e. The number of benzene rings is 1. The molecule has 3 rings (SSSR count). The van der Waals surface area contributed by atoms with Crippen LogP contribution in [0.1, 0.15) is 17.5 Å². The summed E-state index contributed by atoms with van der Waals surface area (Å²) in [7, 11) is 0. The van der Waals surface area contributed by atoms with Crippen molar-refractivity contribution in [2.75, 3.05) is 50.7 Å². The Morgan fingerprint density at radius 3 is 2.65 bits per heavy atom. The Morgan fingerprint density at radius 1 is 1.15 bits per heavy atom. The van der Waals surface area contributed by atoms with E-state index in [1.54, 1.807) is 0 Å². The molecule has 20 heavy (non-hydrogen) atoms. The third-order valence-electron chi connectivity index (χ3n) is 4.97. The van der Waals surface area contributed by atoms with Gasteiger partial charge in [-0.1, -0.05) is 12.1 Å². The zero-order valence-electron chi connectivity index (χ0n) is 12.9. The van der Waals surface area contributed by atoms with Crippen LogP contribution in [0.4, 0.5) is 5.69 Å². The zero-order valence-corrected chi connectivity index (χ0v) is 12.9. The number of hydrogen-bond donors (Lipinski definition) is 1. The molecule has 0 bridgehead atoms. The van der Waals surface area contributed by atoms with Crippen molar-refractivity contribution in [1.29, 1.82) is 0 Å². The zero-order chi connectivity index (χ0) is 13.9. The first kappa shape index (κ1) is 13.9. The van der Waals surface area contributed by atoms with Crippen LogP contribution in [0, 0.1) is 19.8 Å². The molecular formula is C17H27N3. The van der Waals surface area contributed by atoms with Crippen LogP contribution in [0.25, 0.3) is 0 Å². The molecule has 1 aromatic rings. The SMILES string of the molecule is Cc1cccc(N2CCN(CC3CCNC3)CC2)c1C. The fraction of sp³-hybridized carbons (Fsp3) is 0.647. The molecule has 0 aromatic heterocycles. The second-order valence-corrected chi connectivity index (χ2v) is 6.37.